The minimum Gasteiger partial charge on any atom is -0.456 e. The standard InChI is InChI=1S/C42H24O/c1-2-13-38-34(9-1)36-12-5-11-35-31(22-23-39(43-38)42(35)36)29-18-19-30-28(24-29)8-4-10-32(30)33-20-16-27-15-14-25-6-3-7-26-17-21-37(33)41(27)40(25)26/h1-24H. The largest absolute Gasteiger partial charge is 0.456 e. The van der Waals surface area contributed by atoms with Crippen molar-refractivity contribution in [3.63, 3.8) is 0 Å². The summed E-state index contributed by atoms with van der Waals surface area (Å²) in [5.74, 6) is 1.84. The van der Waals surface area contributed by atoms with E-state index in [-0.39, 0.29) is 0 Å². The van der Waals surface area contributed by atoms with Gasteiger partial charge in [-0.15, -0.1) is 0 Å². The first-order valence-corrected chi connectivity index (χ1v) is 14.8. The van der Waals surface area contributed by atoms with Crippen LogP contribution in [-0.2, 0) is 0 Å². The third-order valence-electron chi connectivity index (χ3n) is 9.41. The number of fused-ring (bicyclic) bond motifs is 3. The highest BCUT2D eigenvalue weighted by molar-refractivity contribution is 6.26. The Bertz CT molecular complexity index is 2570. The van der Waals surface area contributed by atoms with Crippen LogP contribution in [0.1, 0.15) is 0 Å². The van der Waals surface area contributed by atoms with Crippen molar-refractivity contribution < 1.29 is 4.74 Å². The predicted octanol–water partition coefficient (Wildman–Crippen LogP) is 12.0. The summed E-state index contributed by atoms with van der Waals surface area (Å²) in [6.07, 6.45) is 0. The van der Waals surface area contributed by atoms with Gasteiger partial charge >= 0.3 is 0 Å². The van der Waals surface area contributed by atoms with Crippen LogP contribution in [0.3, 0.4) is 0 Å². The molecule has 0 atom stereocenters. The summed E-state index contributed by atoms with van der Waals surface area (Å²) < 4.78 is 6.35. The van der Waals surface area contributed by atoms with E-state index in [9.17, 15) is 0 Å². The fourth-order valence-corrected chi connectivity index (χ4v) is 7.49. The van der Waals surface area contributed by atoms with Gasteiger partial charge < -0.3 is 4.74 Å². The number of rotatable bonds is 2. The van der Waals surface area contributed by atoms with E-state index in [0.29, 0.717) is 0 Å². The van der Waals surface area contributed by atoms with E-state index >= 15 is 0 Å². The van der Waals surface area contributed by atoms with Crippen LogP contribution in [0.15, 0.2) is 146 Å². The highest BCUT2D eigenvalue weighted by Crippen LogP contribution is 2.49. The Kier molecular flexibility index (Phi) is 4.51. The van der Waals surface area contributed by atoms with Gasteiger partial charge in [-0.3, -0.25) is 0 Å². The molecule has 1 nitrogen and oxygen atoms in total. The molecule has 0 aromatic heterocycles. The van der Waals surface area contributed by atoms with Crippen LogP contribution >= 0.6 is 0 Å². The first-order valence-electron chi connectivity index (χ1n) is 14.8. The van der Waals surface area contributed by atoms with Gasteiger partial charge in [0, 0.05) is 10.9 Å². The lowest BCUT2D eigenvalue weighted by atomic mass is 9.87. The third kappa shape index (κ3) is 3.17. The molecule has 0 aliphatic carbocycles. The SMILES string of the molecule is c1ccc2c(c1)Oc1ccc(-c3ccc4c(-c5ccc6ccc7cccc8ccc5c6c78)cccc4c3)c3cccc-2c13. The van der Waals surface area contributed by atoms with Crippen molar-refractivity contribution in [2.45, 2.75) is 0 Å². The van der Waals surface area contributed by atoms with Crippen molar-refractivity contribution in [1.82, 2.24) is 0 Å². The van der Waals surface area contributed by atoms with E-state index in [2.05, 4.69) is 133 Å². The molecule has 1 aliphatic rings. The van der Waals surface area contributed by atoms with Crippen molar-refractivity contribution in [2.24, 2.45) is 0 Å². The number of hydrogen-bond donors (Lipinski definition) is 0. The number of para-hydroxylation sites is 1. The van der Waals surface area contributed by atoms with Gasteiger partial charge in [-0.05, 0) is 94.5 Å². The average molecular weight is 545 g/mol. The highest BCUT2D eigenvalue weighted by atomic mass is 16.5. The molecule has 0 bridgehead atoms. The van der Waals surface area contributed by atoms with E-state index in [4.69, 9.17) is 4.74 Å². The van der Waals surface area contributed by atoms with Gasteiger partial charge in [-0.2, -0.15) is 0 Å². The van der Waals surface area contributed by atoms with Gasteiger partial charge in [-0.1, -0.05) is 127 Å². The molecule has 1 heteroatoms. The fourth-order valence-electron chi connectivity index (χ4n) is 7.49. The molecular formula is C42H24O. The van der Waals surface area contributed by atoms with Crippen LogP contribution in [0.25, 0.3) is 87.2 Å². The van der Waals surface area contributed by atoms with Crippen LogP contribution in [0.4, 0.5) is 0 Å². The molecule has 0 spiro atoms. The third-order valence-corrected chi connectivity index (χ3v) is 9.41. The molecule has 0 saturated carbocycles. The molecule has 0 radical (unpaired) electrons. The zero-order chi connectivity index (χ0) is 28.1. The fraction of sp³-hybridized carbons (Fsp3) is 0. The van der Waals surface area contributed by atoms with Crippen molar-refractivity contribution in [3.8, 4) is 44.9 Å². The summed E-state index contributed by atoms with van der Waals surface area (Å²) in [6.45, 7) is 0. The monoisotopic (exact) mass is 544 g/mol. The maximum absolute atomic E-state index is 6.35. The zero-order valence-electron chi connectivity index (χ0n) is 23.3. The maximum atomic E-state index is 6.35. The molecule has 1 heterocycles. The van der Waals surface area contributed by atoms with Gasteiger partial charge in [-0.25, -0.2) is 0 Å². The molecule has 0 N–H and O–H groups in total. The minimum atomic E-state index is 0.917. The number of hydrogen-bond acceptors (Lipinski definition) is 1. The van der Waals surface area contributed by atoms with Gasteiger partial charge in [0.1, 0.15) is 11.5 Å². The first kappa shape index (κ1) is 23.0. The van der Waals surface area contributed by atoms with Gasteiger partial charge in [0.15, 0.2) is 0 Å². The van der Waals surface area contributed by atoms with Crippen molar-refractivity contribution in [3.05, 3.63) is 146 Å². The summed E-state index contributed by atoms with van der Waals surface area (Å²) in [7, 11) is 0. The Labute approximate surface area is 248 Å². The second-order valence-corrected chi connectivity index (χ2v) is 11.6. The normalized spacial score (nSPS) is 12.4. The topological polar surface area (TPSA) is 9.23 Å². The molecule has 0 unspecified atom stereocenters. The van der Waals surface area contributed by atoms with E-state index in [1.54, 1.807) is 0 Å². The van der Waals surface area contributed by atoms with E-state index in [1.165, 1.54) is 81.7 Å². The van der Waals surface area contributed by atoms with E-state index in [0.717, 1.165) is 17.1 Å². The maximum Gasteiger partial charge on any atom is 0.135 e. The van der Waals surface area contributed by atoms with Crippen LogP contribution in [-0.4, -0.2) is 0 Å². The molecular weight excluding hydrogens is 520 g/mol. The Balaban J connectivity index is 1.17. The molecule has 1 aliphatic heterocycles. The first-order chi connectivity index (χ1) is 21.3. The molecule has 10 rings (SSSR count). The Hall–Kier alpha value is -5.66. The van der Waals surface area contributed by atoms with Crippen LogP contribution in [0, 0.1) is 0 Å². The smallest absolute Gasteiger partial charge is 0.135 e. The molecule has 43 heavy (non-hydrogen) atoms. The van der Waals surface area contributed by atoms with Crippen LogP contribution < -0.4 is 4.74 Å². The summed E-state index contributed by atoms with van der Waals surface area (Å²) in [5.41, 5.74) is 7.36. The van der Waals surface area contributed by atoms with Gasteiger partial charge in [0.25, 0.3) is 0 Å². The lowest BCUT2D eigenvalue weighted by Gasteiger charge is -2.22. The number of benzene rings is 9. The Morgan fingerprint density at radius 2 is 0.930 bits per heavy atom. The summed E-state index contributed by atoms with van der Waals surface area (Å²) >= 11 is 0. The van der Waals surface area contributed by atoms with Crippen molar-refractivity contribution in [2.75, 3.05) is 0 Å². The quantitative estimate of drug-likeness (QED) is 0.197. The molecule has 9 aromatic carbocycles. The van der Waals surface area contributed by atoms with Crippen molar-refractivity contribution >= 4 is 53.9 Å². The number of ether oxygens (including phenoxy) is 1. The minimum absolute atomic E-state index is 0.917. The molecule has 198 valence electrons. The molecule has 9 aromatic rings. The average Bonchev–Trinajstić information content (AvgIpc) is 3.07. The van der Waals surface area contributed by atoms with Gasteiger partial charge in [0.2, 0.25) is 0 Å². The lowest BCUT2D eigenvalue weighted by molar-refractivity contribution is 0.487. The zero-order valence-corrected chi connectivity index (χ0v) is 23.3. The van der Waals surface area contributed by atoms with E-state index < -0.39 is 0 Å². The lowest BCUT2D eigenvalue weighted by Crippen LogP contribution is -1.97. The van der Waals surface area contributed by atoms with Crippen molar-refractivity contribution in [1.29, 1.82) is 0 Å². The Morgan fingerprint density at radius 3 is 1.86 bits per heavy atom. The second-order valence-electron chi connectivity index (χ2n) is 11.6. The summed E-state index contributed by atoms with van der Waals surface area (Å²) in [5, 5.41) is 12.8. The van der Waals surface area contributed by atoms with Crippen LogP contribution in [0.2, 0.25) is 0 Å². The van der Waals surface area contributed by atoms with Gasteiger partial charge in [0.05, 0.1) is 0 Å². The van der Waals surface area contributed by atoms with E-state index in [1.807, 2.05) is 12.1 Å². The summed E-state index contributed by atoms with van der Waals surface area (Å²) in [4.78, 5) is 0. The highest BCUT2D eigenvalue weighted by Gasteiger charge is 2.21. The molecule has 0 saturated heterocycles. The summed E-state index contributed by atoms with van der Waals surface area (Å²) in [6, 6.07) is 53.1. The Morgan fingerprint density at radius 1 is 0.302 bits per heavy atom. The predicted molar refractivity (Wildman–Crippen MR) is 182 cm³/mol. The van der Waals surface area contributed by atoms with Crippen LogP contribution in [0.5, 0.6) is 11.5 Å². The molecule has 0 amide bonds. The molecule has 0 fully saturated rings. The second kappa shape index (κ2) is 8.44.